The highest BCUT2D eigenvalue weighted by Crippen LogP contribution is 2.42. The van der Waals surface area contributed by atoms with E-state index in [4.69, 9.17) is 9.15 Å². The third kappa shape index (κ3) is 1.61. The summed E-state index contributed by atoms with van der Waals surface area (Å²) in [4.78, 5) is 12.2. The fourth-order valence-corrected chi connectivity index (χ4v) is 3.21. The molecule has 1 heterocycles. The quantitative estimate of drug-likeness (QED) is 0.697. The van der Waals surface area contributed by atoms with Gasteiger partial charge in [-0.3, -0.25) is 4.79 Å². The molecule has 0 saturated carbocycles. The number of aromatic hydroxyl groups is 1. The highest BCUT2D eigenvalue weighted by Gasteiger charge is 2.21. The van der Waals surface area contributed by atoms with Gasteiger partial charge in [0.25, 0.3) is 0 Å². The summed E-state index contributed by atoms with van der Waals surface area (Å²) in [6.45, 7) is 1.72. The Morgan fingerprint density at radius 1 is 1.23 bits per heavy atom. The molecule has 3 aromatic rings. The largest absolute Gasteiger partial charge is 0.507 e. The van der Waals surface area contributed by atoms with Crippen molar-refractivity contribution in [1.29, 1.82) is 0 Å². The van der Waals surface area contributed by atoms with Crippen LogP contribution in [-0.2, 0) is 6.42 Å². The Morgan fingerprint density at radius 3 is 2.82 bits per heavy atom. The summed E-state index contributed by atoms with van der Waals surface area (Å²) in [7, 11) is 1.60. The van der Waals surface area contributed by atoms with Gasteiger partial charge in [-0.05, 0) is 36.4 Å². The van der Waals surface area contributed by atoms with Gasteiger partial charge in [0.1, 0.15) is 22.6 Å². The molecule has 0 radical (unpaired) electrons. The standard InChI is InChI=1S/C18H14O4/c1-9-6-13(19)16-14(20)8-11-7-10-4-3-5-12(10)17(21-2)15(11)18(16)22-9/h3,5-8,20H,4H2,1-2H3. The van der Waals surface area contributed by atoms with Gasteiger partial charge in [0.2, 0.25) is 0 Å². The first kappa shape index (κ1) is 13.0. The summed E-state index contributed by atoms with van der Waals surface area (Å²) in [6, 6.07) is 4.99. The van der Waals surface area contributed by atoms with Crippen molar-refractivity contribution in [2.75, 3.05) is 7.11 Å². The molecule has 1 aromatic heterocycles. The van der Waals surface area contributed by atoms with Crippen molar-refractivity contribution < 1.29 is 14.3 Å². The molecule has 22 heavy (non-hydrogen) atoms. The topological polar surface area (TPSA) is 59.7 Å². The van der Waals surface area contributed by atoms with E-state index in [-0.39, 0.29) is 16.6 Å². The summed E-state index contributed by atoms with van der Waals surface area (Å²) in [6.07, 6.45) is 4.91. The molecule has 0 aliphatic heterocycles. The van der Waals surface area contributed by atoms with E-state index in [1.54, 1.807) is 20.1 Å². The molecule has 1 aliphatic rings. The molecule has 0 atom stereocenters. The van der Waals surface area contributed by atoms with Crippen LogP contribution in [0.5, 0.6) is 11.5 Å². The molecule has 0 saturated heterocycles. The summed E-state index contributed by atoms with van der Waals surface area (Å²) in [5.74, 6) is 1.12. The maximum absolute atomic E-state index is 12.2. The van der Waals surface area contributed by atoms with Crippen LogP contribution < -0.4 is 10.2 Å². The molecule has 0 spiro atoms. The maximum Gasteiger partial charge on any atom is 0.196 e. The number of phenols is 1. The van der Waals surface area contributed by atoms with Crippen molar-refractivity contribution in [3.05, 3.63) is 51.4 Å². The first-order valence-corrected chi connectivity index (χ1v) is 7.06. The van der Waals surface area contributed by atoms with Gasteiger partial charge in [-0.15, -0.1) is 0 Å². The molecule has 1 N–H and O–H groups in total. The van der Waals surface area contributed by atoms with Gasteiger partial charge in [0.05, 0.1) is 12.5 Å². The third-order valence-corrected chi connectivity index (χ3v) is 4.11. The zero-order valence-corrected chi connectivity index (χ0v) is 12.3. The van der Waals surface area contributed by atoms with Gasteiger partial charge in [-0.2, -0.15) is 0 Å². The van der Waals surface area contributed by atoms with Crippen LogP contribution in [0.1, 0.15) is 16.9 Å². The lowest BCUT2D eigenvalue weighted by Crippen LogP contribution is -2.02. The van der Waals surface area contributed by atoms with E-state index in [1.165, 1.54) is 6.07 Å². The fraction of sp³-hybridized carbons (Fsp3) is 0.167. The smallest absolute Gasteiger partial charge is 0.196 e. The average molecular weight is 294 g/mol. The third-order valence-electron chi connectivity index (χ3n) is 4.11. The number of hydrogen-bond donors (Lipinski definition) is 1. The van der Waals surface area contributed by atoms with Crippen molar-refractivity contribution >= 4 is 27.8 Å². The van der Waals surface area contributed by atoms with Crippen LogP contribution in [-0.4, -0.2) is 12.2 Å². The van der Waals surface area contributed by atoms with Crippen LogP contribution in [0.3, 0.4) is 0 Å². The van der Waals surface area contributed by atoms with Crippen LogP contribution in [0.25, 0.3) is 27.8 Å². The van der Waals surface area contributed by atoms with Crippen molar-refractivity contribution in [1.82, 2.24) is 0 Å². The lowest BCUT2D eigenvalue weighted by molar-refractivity contribution is 0.418. The van der Waals surface area contributed by atoms with Gasteiger partial charge in [-0.1, -0.05) is 12.2 Å². The van der Waals surface area contributed by atoms with E-state index in [2.05, 4.69) is 6.08 Å². The first-order chi connectivity index (χ1) is 10.6. The number of methoxy groups -OCH3 is 1. The number of ether oxygens (including phenoxy) is 1. The van der Waals surface area contributed by atoms with Crippen molar-refractivity contribution in [2.45, 2.75) is 13.3 Å². The first-order valence-electron chi connectivity index (χ1n) is 7.06. The molecule has 4 heteroatoms. The summed E-state index contributed by atoms with van der Waals surface area (Å²) in [5.41, 5.74) is 2.26. The Balaban J connectivity index is 2.33. The molecule has 0 fully saturated rings. The Kier molecular flexibility index (Phi) is 2.57. The molecule has 0 unspecified atom stereocenters. The number of aryl methyl sites for hydroxylation is 1. The molecule has 4 nitrogen and oxygen atoms in total. The van der Waals surface area contributed by atoms with E-state index in [0.29, 0.717) is 17.1 Å². The minimum atomic E-state index is -0.253. The number of fused-ring (bicyclic) bond motifs is 4. The van der Waals surface area contributed by atoms with Crippen molar-refractivity contribution in [3.63, 3.8) is 0 Å². The molecular weight excluding hydrogens is 280 g/mol. The van der Waals surface area contributed by atoms with Gasteiger partial charge in [0, 0.05) is 11.6 Å². The minimum absolute atomic E-state index is 0.0655. The second-order valence-electron chi connectivity index (χ2n) is 5.51. The molecule has 0 bridgehead atoms. The predicted molar refractivity (Wildman–Crippen MR) is 85.7 cm³/mol. The summed E-state index contributed by atoms with van der Waals surface area (Å²) in [5, 5.41) is 12.0. The number of rotatable bonds is 1. The van der Waals surface area contributed by atoms with E-state index >= 15 is 0 Å². The monoisotopic (exact) mass is 294 g/mol. The second-order valence-corrected chi connectivity index (χ2v) is 5.51. The lowest BCUT2D eigenvalue weighted by Gasteiger charge is -2.13. The van der Waals surface area contributed by atoms with E-state index in [0.717, 1.165) is 28.3 Å². The number of phenolic OH excluding ortho intramolecular Hbond substituents is 1. The summed E-state index contributed by atoms with van der Waals surface area (Å²) >= 11 is 0. The van der Waals surface area contributed by atoms with Crippen LogP contribution >= 0.6 is 0 Å². The molecule has 4 rings (SSSR count). The SMILES string of the molecule is COc1c2c(cc3cc(O)c4c(=O)cc(C)oc4c13)CC=C2. The van der Waals surface area contributed by atoms with Crippen LogP contribution in [0.4, 0.5) is 0 Å². The molecule has 1 aliphatic carbocycles. The van der Waals surface area contributed by atoms with E-state index in [9.17, 15) is 9.90 Å². The zero-order chi connectivity index (χ0) is 15.4. The summed E-state index contributed by atoms with van der Waals surface area (Å²) < 4.78 is 11.4. The number of benzene rings is 2. The van der Waals surface area contributed by atoms with Gasteiger partial charge in [-0.25, -0.2) is 0 Å². The highest BCUT2D eigenvalue weighted by atomic mass is 16.5. The average Bonchev–Trinajstić information content (AvgIpc) is 2.92. The van der Waals surface area contributed by atoms with Crippen LogP contribution in [0, 0.1) is 6.92 Å². The Morgan fingerprint density at radius 2 is 2.05 bits per heavy atom. The normalized spacial score (nSPS) is 13.0. The van der Waals surface area contributed by atoms with Gasteiger partial charge < -0.3 is 14.3 Å². The lowest BCUT2D eigenvalue weighted by atomic mass is 9.98. The molecule has 2 aromatic carbocycles. The van der Waals surface area contributed by atoms with Gasteiger partial charge >= 0.3 is 0 Å². The fourth-order valence-electron chi connectivity index (χ4n) is 3.21. The predicted octanol–water partition coefficient (Wildman–Crippen LogP) is 3.54. The zero-order valence-electron chi connectivity index (χ0n) is 12.3. The van der Waals surface area contributed by atoms with Crippen molar-refractivity contribution in [2.24, 2.45) is 0 Å². The van der Waals surface area contributed by atoms with Gasteiger partial charge in [0.15, 0.2) is 11.0 Å². The van der Waals surface area contributed by atoms with Crippen LogP contribution in [0.15, 0.2) is 33.5 Å². The Hall–Kier alpha value is -2.75. The molecule has 0 amide bonds. The Bertz CT molecular complexity index is 1030. The number of hydrogen-bond acceptors (Lipinski definition) is 4. The van der Waals surface area contributed by atoms with E-state index in [1.807, 2.05) is 12.1 Å². The molecular formula is C18H14O4. The number of allylic oxidation sites excluding steroid dienone is 1. The second kappa shape index (κ2) is 4.37. The van der Waals surface area contributed by atoms with Crippen LogP contribution in [0.2, 0.25) is 0 Å². The molecule has 110 valence electrons. The van der Waals surface area contributed by atoms with E-state index < -0.39 is 0 Å². The minimum Gasteiger partial charge on any atom is -0.507 e. The Labute approximate surface area is 126 Å². The van der Waals surface area contributed by atoms with Crippen molar-refractivity contribution in [3.8, 4) is 11.5 Å². The maximum atomic E-state index is 12.2. The highest BCUT2D eigenvalue weighted by molar-refractivity contribution is 6.11.